The van der Waals surface area contributed by atoms with Crippen LogP contribution in [0.25, 0.3) is 0 Å². The van der Waals surface area contributed by atoms with Gasteiger partial charge in [-0.3, -0.25) is 9.80 Å². The summed E-state index contributed by atoms with van der Waals surface area (Å²) >= 11 is 0. The molecule has 4 amide bonds. The summed E-state index contributed by atoms with van der Waals surface area (Å²) in [4.78, 5) is 43.9. The fraction of sp³-hybridized carbons (Fsp3) is 0.480. The predicted octanol–water partition coefficient (Wildman–Crippen LogP) is 2.63. The molecule has 1 saturated heterocycles. The average Bonchev–Trinajstić information content (AvgIpc) is 2.81. The first-order valence-electron chi connectivity index (χ1n) is 11.9. The number of carbonyl (C=O) groups is 3. The maximum atomic E-state index is 13.6. The average molecular weight is 488 g/mol. The predicted molar refractivity (Wildman–Crippen MR) is 130 cm³/mol. The lowest BCUT2D eigenvalue weighted by molar-refractivity contribution is -0.139. The van der Waals surface area contributed by atoms with E-state index in [0.29, 0.717) is 49.6 Å². The molecular weight excluding hydrogens is 453 g/mol. The molecule has 1 aromatic carbocycles. The van der Waals surface area contributed by atoms with Gasteiger partial charge in [-0.25, -0.2) is 18.8 Å². The molecule has 2 aliphatic heterocycles. The minimum absolute atomic E-state index is 0.0504. The summed E-state index contributed by atoms with van der Waals surface area (Å²) in [6.07, 6.45) is 1.59. The molecule has 2 aliphatic rings. The van der Waals surface area contributed by atoms with Crippen molar-refractivity contribution in [3.05, 3.63) is 59.6 Å². The van der Waals surface area contributed by atoms with E-state index in [1.807, 2.05) is 13.8 Å². The number of nitrogens with one attached hydrogen (secondary N) is 2. The summed E-state index contributed by atoms with van der Waals surface area (Å²) in [5.74, 6) is -0.953. The largest absolute Gasteiger partial charge is 0.463 e. The molecule has 190 valence electrons. The van der Waals surface area contributed by atoms with Crippen molar-refractivity contribution < 1.29 is 23.5 Å². The number of rotatable bonds is 8. The number of nitrogens with zero attached hydrogens (tertiary/aromatic N) is 3. The molecule has 0 spiro atoms. The third kappa shape index (κ3) is 6.39. The first-order valence-corrected chi connectivity index (χ1v) is 11.9. The van der Waals surface area contributed by atoms with Crippen LogP contribution in [0.2, 0.25) is 0 Å². The highest BCUT2D eigenvalue weighted by molar-refractivity contribution is 5.95. The number of ether oxygens (including phenoxy) is 1. The summed E-state index contributed by atoms with van der Waals surface area (Å²) in [6, 6.07) is 4.47. The summed E-state index contributed by atoms with van der Waals surface area (Å²) in [5.41, 5.74) is 1.40. The van der Waals surface area contributed by atoms with Gasteiger partial charge in [0, 0.05) is 51.0 Å². The smallest absolute Gasteiger partial charge is 0.338 e. The third-order valence-electron chi connectivity index (χ3n) is 5.89. The van der Waals surface area contributed by atoms with Crippen molar-refractivity contribution in [2.75, 3.05) is 45.9 Å². The molecule has 1 fully saturated rings. The quantitative estimate of drug-likeness (QED) is 0.434. The lowest BCUT2D eigenvalue weighted by Crippen LogP contribution is -2.55. The van der Waals surface area contributed by atoms with Crippen LogP contribution in [0.3, 0.4) is 0 Å². The lowest BCUT2D eigenvalue weighted by atomic mass is 9.94. The molecule has 1 unspecified atom stereocenters. The van der Waals surface area contributed by atoms with Crippen molar-refractivity contribution in [3.63, 3.8) is 0 Å². The Kier molecular flexibility index (Phi) is 8.86. The van der Waals surface area contributed by atoms with Crippen molar-refractivity contribution >= 4 is 18.0 Å². The van der Waals surface area contributed by atoms with Gasteiger partial charge in [-0.1, -0.05) is 18.2 Å². The van der Waals surface area contributed by atoms with E-state index in [1.165, 1.54) is 17.0 Å². The number of hydrogen-bond donors (Lipinski definition) is 2. The van der Waals surface area contributed by atoms with Gasteiger partial charge in [-0.2, -0.15) is 0 Å². The number of hydrogen-bond acceptors (Lipinski definition) is 5. The van der Waals surface area contributed by atoms with Gasteiger partial charge >= 0.3 is 18.0 Å². The summed E-state index contributed by atoms with van der Waals surface area (Å²) in [5, 5.41) is 5.76. The Morgan fingerprint density at radius 2 is 1.89 bits per heavy atom. The summed E-state index contributed by atoms with van der Waals surface area (Å²) in [7, 11) is 0. The molecule has 2 heterocycles. The van der Waals surface area contributed by atoms with Gasteiger partial charge < -0.3 is 20.3 Å². The summed E-state index contributed by atoms with van der Waals surface area (Å²) in [6.45, 7) is 12.2. The van der Waals surface area contributed by atoms with Crippen molar-refractivity contribution in [1.29, 1.82) is 0 Å². The molecule has 1 aromatic rings. The number of amides is 4. The highest BCUT2D eigenvalue weighted by Gasteiger charge is 2.38. The molecule has 1 atom stereocenters. The Hall–Kier alpha value is -3.40. The second kappa shape index (κ2) is 11.8. The van der Waals surface area contributed by atoms with E-state index < -0.39 is 17.8 Å². The molecule has 0 saturated carbocycles. The van der Waals surface area contributed by atoms with Gasteiger partial charge in [0.05, 0.1) is 18.2 Å². The lowest BCUT2D eigenvalue weighted by Gasteiger charge is -2.40. The van der Waals surface area contributed by atoms with Gasteiger partial charge in [-0.05, 0) is 38.5 Å². The maximum Gasteiger partial charge on any atom is 0.338 e. The standard InChI is InChI=1S/C25H34FN5O4/c1-5-11-31-20(16-29-12-14-30(15-13-29)24(33)27-17(3)4)21(23(32)35-6-2)22(28-25(31)34)18-7-9-19(26)10-8-18/h5,7-10,17,22H,1,6,11-16H2,2-4H3,(H,27,33)(H,28,34). The number of urea groups is 2. The van der Waals surface area contributed by atoms with Gasteiger partial charge in [0.2, 0.25) is 0 Å². The van der Waals surface area contributed by atoms with Crippen LogP contribution >= 0.6 is 0 Å². The van der Waals surface area contributed by atoms with Crippen molar-refractivity contribution in [3.8, 4) is 0 Å². The molecule has 0 radical (unpaired) electrons. The monoisotopic (exact) mass is 487 g/mol. The van der Waals surface area contributed by atoms with Crippen LogP contribution in [-0.4, -0.2) is 84.6 Å². The summed E-state index contributed by atoms with van der Waals surface area (Å²) < 4.78 is 18.9. The first-order chi connectivity index (χ1) is 16.7. The number of carbonyl (C=O) groups excluding carboxylic acids is 3. The van der Waals surface area contributed by atoms with Crippen LogP contribution in [0.4, 0.5) is 14.0 Å². The molecule has 0 bridgehead atoms. The Balaban J connectivity index is 1.93. The minimum Gasteiger partial charge on any atom is -0.463 e. The van der Waals surface area contributed by atoms with Crippen LogP contribution in [0, 0.1) is 5.82 Å². The molecule has 9 nitrogen and oxygen atoms in total. The number of piperazine rings is 1. The normalized spacial score (nSPS) is 19.0. The van der Waals surface area contributed by atoms with Crippen LogP contribution in [0.1, 0.15) is 32.4 Å². The highest BCUT2D eigenvalue weighted by Crippen LogP contribution is 2.32. The Morgan fingerprint density at radius 3 is 2.46 bits per heavy atom. The topological polar surface area (TPSA) is 94.2 Å². The zero-order valence-electron chi connectivity index (χ0n) is 20.6. The van der Waals surface area contributed by atoms with Crippen molar-refractivity contribution in [2.24, 2.45) is 0 Å². The highest BCUT2D eigenvalue weighted by atomic mass is 19.1. The zero-order valence-corrected chi connectivity index (χ0v) is 20.6. The first kappa shape index (κ1) is 26.2. The Labute approximate surface area is 205 Å². The fourth-order valence-electron chi connectivity index (χ4n) is 4.21. The van der Waals surface area contributed by atoms with E-state index in [0.717, 1.165) is 0 Å². The molecule has 10 heteroatoms. The minimum atomic E-state index is -0.781. The van der Waals surface area contributed by atoms with E-state index in [4.69, 9.17) is 4.74 Å². The molecule has 2 N–H and O–H groups in total. The fourth-order valence-corrected chi connectivity index (χ4v) is 4.21. The molecule has 0 aliphatic carbocycles. The Bertz CT molecular complexity index is 971. The molecule has 3 rings (SSSR count). The molecule has 0 aromatic heterocycles. The molecular formula is C25H34FN5O4. The van der Waals surface area contributed by atoms with Crippen LogP contribution in [0.15, 0.2) is 48.2 Å². The Morgan fingerprint density at radius 1 is 1.23 bits per heavy atom. The van der Waals surface area contributed by atoms with Crippen LogP contribution in [-0.2, 0) is 9.53 Å². The number of esters is 1. The van der Waals surface area contributed by atoms with E-state index in [2.05, 4.69) is 22.1 Å². The van der Waals surface area contributed by atoms with Crippen molar-refractivity contribution in [2.45, 2.75) is 32.9 Å². The van der Waals surface area contributed by atoms with Gasteiger partial charge in [-0.15, -0.1) is 6.58 Å². The van der Waals surface area contributed by atoms with Crippen LogP contribution in [0.5, 0.6) is 0 Å². The van der Waals surface area contributed by atoms with Gasteiger partial charge in [0.25, 0.3) is 0 Å². The van der Waals surface area contributed by atoms with Crippen LogP contribution < -0.4 is 10.6 Å². The van der Waals surface area contributed by atoms with E-state index >= 15 is 0 Å². The second-order valence-electron chi connectivity index (χ2n) is 8.78. The van der Waals surface area contributed by atoms with E-state index in [-0.39, 0.29) is 31.3 Å². The third-order valence-corrected chi connectivity index (χ3v) is 5.89. The number of halogens is 1. The number of benzene rings is 1. The second-order valence-corrected chi connectivity index (χ2v) is 8.78. The van der Waals surface area contributed by atoms with E-state index in [9.17, 15) is 18.8 Å². The van der Waals surface area contributed by atoms with Gasteiger partial charge in [0.15, 0.2) is 0 Å². The SMILES string of the molecule is C=CCN1C(=O)NC(c2ccc(F)cc2)C(C(=O)OCC)=C1CN1CCN(C(=O)NC(C)C)CC1. The van der Waals surface area contributed by atoms with Gasteiger partial charge in [0.1, 0.15) is 5.82 Å². The van der Waals surface area contributed by atoms with Crippen molar-refractivity contribution in [1.82, 2.24) is 25.3 Å². The zero-order chi connectivity index (χ0) is 25.5. The maximum absolute atomic E-state index is 13.6. The van der Waals surface area contributed by atoms with E-state index in [1.54, 1.807) is 30.0 Å². The molecule has 35 heavy (non-hydrogen) atoms.